The quantitative estimate of drug-likeness (QED) is 0.410. The van der Waals surface area contributed by atoms with E-state index >= 15 is 0 Å². The van der Waals surface area contributed by atoms with Crippen LogP contribution in [0.3, 0.4) is 0 Å². The molecule has 2 rings (SSSR count). The number of esters is 2. The molecule has 0 radical (unpaired) electrons. The SMILES string of the molecule is CCOC(=O)/C(=C\Nc1ccnn1Cc1ccc(OC)cc1)OC(=O)CC. The number of anilines is 1. The molecular weight excluding hydrogens is 350 g/mol. The minimum atomic E-state index is -0.715. The largest absolute Gasteiger partial charge is 0.497 e. The average Bonchev–Trinajstić information content (AvgIpc) is 3.12. The van der Waals surface area contributed by atoms with Crippen molar-refractivity contribution in [1.82, 2.24) is 9.78 Å². The van der Waals surface area contributed by atoms with Crippen molar-refractivity contribution in [1.29, 1.82) is 0 Å². The predicted octanol–water partition coefficient (Wildman–Crippen LogP) is 2.71. The van der Waals surface area contributed by atoms with Crippen molar-refractivity contribution in [2.24, 2.45) is 0 Å². The van der Waals surface area contributed by atoms with Crippen LogP contribution in [0.5, 0.6) is 5.75 Å². The third-order valence-corrected chi connectivity index (χ3v) is 3.55. The van der Waals surface area contributed by atoms with E-state index in [0.29, 0.717) is 12.4 Å². The summed E-state index contributed by atoms with van der Waals surface area (Å²) in [6.07, 6.45) is 3.07. The van der Waals surface area contributed by atoms with Crippen molar-refractivity contribution < 1.29 is 23.8 Å². The van der Waals surface area contributed by atoms with Gasteiger partial charge in [0.1, 0.15) is 11.6 Å². The summed E-state index contributed by atoms with van der Waals surface area (Å²) in [5, 5.41) is 7.20. The highest BCUT2D eigenvalue weighted by Gasteiger charge is 2.16. The lowest BCUT2D eigenvalue weighted by molar-refractivity contribution is -0.151. The fraction of sp³-hybridized carbons (Fsp3) is 0.316. The maximum atomic E-state index is 11.9. The highest BCUT2D eigenvalue weighted by atomic mass is 16.6. The average molecular weight is 373 g/mol. The van der Waals surface area contributed by atoms with Gasteiger partial charge in [-0.25, -0.2) is 9.48 Å². The van der Waals surface area contributed by atoms with E-state index < -0.39 is 11.9 Å². The van der Waals surface area contributed by atoms with E-state index in [9.17, 15) is 9.59 Å². The third-order valence-electron chi connectivity index (χ3n) is 3.55. The number of hydrogen-bond donors (Lipinski definition) is 1. The van der Waals surface area contributed by atoms with Gasteiger partial charge in [-0.3, -0.25) is 4.79 Å². The van der Waals surface area contributed by atoms with Gasteiger partial charge in [0.25, 0.3) is 0 Å². The molecule has 0 aliphatic rings. The first-order valence-electron chi connectivity index (χ1n) is 8.56. The highest BCUT2D eigenvalue weighted by Crippen LogP contribution is 2.15. The number of carbonyl (C=O) groups excluding carboxylic acids is 2. The van der Waals surface area contributed by atoms with Crippen molar-refractivity contribution in [3.8, 4) is 5.75 Å². The zero-order valence-electron chi connectivity index (χ0n) is 15.6. The third kappa shape index (κ3) is 5.88. The molecule has 0 aliphatic heterocycles. The van der Waals surface area contributed by atoms with Crippen LogP contribution in [0.15, 0.2) is 48.5 Å². The summed E-state index contributed by atoms with van der Waals surface area (Å²) in [5.41, 5.74) is 1.02. The number of carbonyl (C=O) groups is 2. The van der Waals surface area contributed by atoms with Gasteiger partial charge in [0, 0.05) is 12.5 Å². The summed E-state index contributed by atoms with van der Waals surface area (Å²) in [4.78, 5) is 23.5. The zero-order valence-corrected chi connectivity index (χ0v) is 15.6. The molecule has 1 aromatic heterocycles. The van der Waals surface area contributed by atoms with E-state index in [-0.39, 0.29) is 18.8 Å². The van der Waals surface area contributed by atoms with E-state index in [1.165, 1.54) is 6.20 Å². The van der Waals surface area contributed by atoms with E-state index in [4.69, 9.17) is 14.2 Å². The van der Waals surface area contributed by atoms with Crippen LogP contribution in [-0.2, 0) is 25.6 Å². The number of rotatable bonds is 9. The summed E-state index contributed by atoms with van der Waals surface area (Å²) in [5.74, 6) is -0.0470. The normalized spacial score (nSPS) is 11.0. The lowest BCUT2D eigenvalue weighted by Crippen LogP contribution is -2.16. The lowest BCUT2D eigenvalue weighted by atomic mass is 10.2. The maximum Gasteiger partial charge on any atom is 0.375 e. The number of hydrogen-bond acceptors (Lipinski definition) is 7. The van der Waals surface area contributed by atoms with Gasteiger partial charge in [0.2, 0.25) is 5.76 Å². The molecule has 0 aliphatic carbocycles. The molecule has 1 N–H and O–H groups in total. The molecule has 0 saturated carbocycles. The van der Waals surface area contributed by atoms with Gasteiger partial charge in [-0.2, -0.15) is 5.10 Å². The minimum Gasteiger partial charge on any atom is -0.497 e. The van der Waals surface area contributed by atoms with Crippen molar-refractivity contribution >= 4 is 17.8 Å². The van der Waals surface area contributed by atoms with Crippen LogP contribution in [0, 0.1) is 0 Å². The first-order chi connectivity index (χ1) is 13.1. The highest BCUT2D eigenvalue weighted by molar-refractivity contribution is 5.89. The number of aromatic nitrogens is 2. The molecule has 144 valence electrons. The Morgan fingerprint density at radius 3 is 2.56 bits per heavy atom. The van der Waals surface area contributed by atoms with Crippen molar-refractivity contribution in [3.05, 3.63) is 54.1 Å². The van der Waals surface area contributed by atoms with Crippen LogP contribution in [0.4, 0.5) is 5.82 Å². The van der Waals surface area contributed by atoms with Crippen molar-refractivity contribution in [2.45, 2.75) is 26.8 Å². The Labute approximate surface area is 157 Å². The fourth-order valence-electron chi connectivity index (χ4n) is 2.15. The van der Waals surface area contributed by atoms with Crippen LogP contribution < -0.4 is 10.1 Å². The molecule has 0 fully saturated rings. The van der Waals surface area contributed by atoms with Gasteiger partial charge in [0.15, 0.2) is 0 Å². The number of nitrogens with one attached hydrogen (secondary N) is 1. The van der Waals surface area contributed by atoms with Gasteiger partial charge in [-0.1, -0.05) is 19.1 Å². The standard InChI is InChI=1S/C19H23N3O5/c1-4-18(23)27-16(19(24)26-5-2)12-20-17-10-11-21-22(17)13-14-6-8-15(25-3)9-7-14/h6-12,20H,4-5,13H2,1-3H3/b16-12+. The first-order valence-corrected chi connectivity index (χ1v) is 8.56. The summed E-state index contributed by atoms with van der Waals surface area (Å²) in [6, 6.07) is 9.36. The Hall–Kier alpha value is -3.29. The van der Waals surface area contributed by atoms with Crippen LogP contribution in [-0.4, -0.2) is 35.4 Å². The topological polar surface area (TPSA) is 91.7 Å². The van der Waals surface area contributed by atoms with Crippen LogP contribution in [0.2, 0.25) is 0 Å². The second-order valence-corrected chi connectivity index (χ2v) is 5.42. The van der Waals surface area contributed by atoms with Crippen molar-refractivity contribution in [3.63, 3.8) is 0 Å². The van der Waals surface area contributed by atoms with E-state index in [2.05, 4.69) is 10.4 Å². The van der Waals surface area contributed by atoms with E-state index in [1.807, 2.05) is 24.3 Å². The van der Waals surface area contributed by atoms with Gasteiger partial charge in [0.05, 0.1) is 32.7 Å². The molecule has 1 aromatic carbocycles. The number of methoxy groups -OCH3 is 1. The Morgan fingerprint density at radius 2 is 1.93 bits per heavy atom. The molecule has 8 nitrogen and oxygen atoms in total. The Morgan fingerprint density at radius 1 is 1.19 bits per heavy atom. The summed E-state index contributed by atoms with van der Waals surface area (Å²) >= 11 is 0. The number of nitrogens with zero attached hydrogens (tertiary/aromatic N) is 2. The first kappa shape index (κ1) is 20.0. The van der Waals surface area contributed by atoms with Gasteiger partial charge < -0.3 is 19.5 Å². The van der Waals surface area contributed by atoms with E-state index in [1.54, 1.807) is 37.9 Å². The van der Waals surface area contributed by atoms with Crippen molar-refractivity contribution in [2.75, 3.05) is 19.0 Å². The monoisotopic (exact) mass is 373 g/mol. The zero-order chi connectivity index (χ0) is 19.6. The van der Waals surface area contributed by atoms with Gasteiger partial charge >= 0.3 is 11.9 Å². The molecule has 0 saturated heterocycles. The fourth-order valence-corrected chi connectivity index (χ4v) is 2.15. The molecule has 27 heavy (non-hydrogen) atoms. The predicted molar refractivity (Wildman–Crippen MR) is 99.0 cm³/mol. The summed E-state index contributed by atoms with van der Waals surface area (Å²) in [7, 11) is 1.61. The molecule has 0 spiro atoms. The lowest BCUT2D eigenvalue weighted by Gasteiger charge is -2.10. The van der Waals surface area contributed by atoms with Gasteiger partial charge in [-0.15, -0.1) is 0 Å². The second kappa shape index (κ2) is 10.0. The number of ether oxygens (including phenoxy) is 3. The molecule has 8 heteroatoms. The van der Waals surface area contributed by atoms with E-state index in [0.717, 1.165) is 11.3 Å². The smallest absolute Gasteiger partial charge is 0.375 e. The molecule has 1 heterocycles. The molecule has 0 unspecified atom stereocenters. The Balaban J connectivity index is 2.12. The van der Waals surface area contributed by atoms with Crippen LogP contribution in [0.1, 0.15) is 25.8 Å². The van der Waals surface area contributed by atoms with Crippen LogP contribution in [0.25, 0.3) is 0 Å². The summed E-state index contributed by atoms with van der Waals surface area (Å²) in [6.45, 7) is 4.00. The molecule has 0 bridgehead atoms. The number of benzene rings is 1. The molecular formula is C19H23N3O5. The molecule has 0 amide bonds. The molecule has 2 aromatic rings. The van der Waals surface area contributed by atoms with Crippen LogP contribution >= 0.6 is 0 Å². The Kier molecular flexibility index (Phi) is 7.42. The Bertz CT molecular complexity index is 796. The molecule has 0 atom stereocenters. The summed E-state index contributed by atoms with van der Waals surface area (Å²) < 4.78 is 16.8. The van der Waals surface area contributed by atoms with Gasteiger partial charge in [-0.05, 0) is 24.6 Å². The second-order valence-electron chi connectivity index (χ2n) is 5.42. The minimum absolute atomic E-state index is 0.145. The maximum absolute atomic E-state index is 11.9.